The number of carbonyl (C=O) groups is 2. The molecule has 3 atom stereocenters. The first-order valence-electron chi connectivity index (χ1n) is 9.59. The summed E-state index contributed by atoms with van der Waals surface area (Å²) in [6.07, 6.45) is 5.32. The quantitative estimate of drug-likeness (QED) is 0.524. The highest BCUT2D eigenvalue weighted by Gasteiger charge is 2.37. The highest BCUT2D eigenvalue weighted by atomic mass is 16.5. The van der Waals surface area contributed by atoms with E-state index in [-0.39, 0.29) is 23.9 Å². The molecule has 0 unspecified atom stereocenters. The summed E-state index contributed by atoms with van der Waals surface area (Å²) in [6, 6.07) is -0.336. The second-order valence-electron chi connectivity index (χ2n) is 7.24. The van der Waals surface area contributed by atoms with E-state index in [0.29, 0.717) is 13.1 Å². The van der Waals surface area contributed by atoms with Crippen molar-refractivity contribution >= 4 is 11.8 Å². The van der Waals surface area contributed by atoms with Gasteiger partial charge < -0.3 is 20.5 Å². The molecule has 0 aromatic heterocycles. The molecular weight excluding hydrogens is 336 g/mol. The van der Waals surface area contributed by atoms with Gasteiger partial charge in [0.05, 0.1) is 31.9 Å². The Morgan fingerprint density at radius 3 is 2.88 bits per heavy atom. The van der Waals surface area contributed by atoms with Crippen LogP contribution in [0.5, 0.6) is 0 Å². The molecule has 8 heteroatoms. The van der Waals surface area contributed by atoms with E-state index in [1.165, 1.54) is 0 Å². The van der Waals surface area contributed by atoms with Gasteiger partial charge in [-0.05, 0) is 19.3 Å². The highest BCUT2D eigenvalue weighted by molar-refractivity contribution is 5.87. The standard InChI is InChI=1S/C18H30N4O4/c23-16(5-2-7-21-9-11-26-12-10-21)20-14-3-1-4-15(18(14)25)22-8-6-19-17(24)13-22/h2,5,14-15,18,25H,1,3-4,6-13H2,(H,19,24)(H,20,23)/b5-2+/t14-,15-,18-/m1/s1. The Kier molecular flexibility index (Phi) is 7.01. The van der Waals surface area contributed by atoms with Crippen molar-refractivity contribution in [2.45, 2.75) is 37.5 Å². The molecule has 3 aliphatic rings. The molecule has 1 aliphatic carbocycles. The number of hydrogen-bond donors (Lipinski definition) is 3. The summed E-state index contributed by atoms with van der Waals surface area (Å²) in [7, 11) is 0. The van der Waals surface area contributed by atoms with Crippen molar-refractivity contribution in [2.75, 3.05) is 52.5 Å². The summed E-state index contributed by atoms with van der Waals surface area (Å²) in [5.41, 5.74) is 0. The van der Waals surface area contributed by atoms with Crippen LogP contribution in [0.4, 0.5) is 0 Å². The van der Waals surface area contributed by atoms with Crippen molar-refractivity contribution in [1.82, 2.24) is 20.4 Å². The van der Waals surface area contributed by atoms with E-state index in [1.807, 2.05) is 11.0 Å². The first-order chi connectivity index (χ1) is 12.6. The van der Waals surface area contributed by atoms with Crippen molar-refractivity contribution in [3.63, 3.8) is 0 Å². The molecule has 0 radical (unpaired) electrons. The van der Waals surface area contributed by atoms with Gasteiger partial charge >= 0.3 is 0 Å². The number of morpholine rings is 1. The van der Waals surface area contributed by atoms with Crippen LogP contribution in [-0.4, -0.2) is 97.4 Å². The number of hydrogen-bond acceptors (Lipinski definition) is 6. The molecule has 3 N–H and O–H groups in total. The fraction of sp³-hybridized carbons (Fsp3) is 0.778. The van der Waals surface area contributed by atoms with Crippen LogP contribution in [-0.2, 0) is 14.3 Å². The SMILES string of the molecule is O=C(/C=C/CN1CCOCC1)N[C@@H]1CCC[C@@H](N2CCNC(=O)C2)[C@@H]1O. The number of rotatable bonds is 5. The minimum atomic E-state index is -0.647. The summed E-state index contributed by atoms with van der Waals surface area (Å²) < 4.78 is 5.30. The third-order valence-electron chi connectivity index (χ3n) is 5.42. The second kappa shape index (κ2) is 9.45. The Bertz CT molecular complexity index is 521. The zero-order valence-electron chi connectivity index (χ0n) is 15.2. The van der Waals surface area contributed by atoms with E-state index in [4.69, 9.17) is 4.74 Å². The Morgan fingerprint density at radius 1 is 1.31 bits per heavy atom. The van der Waals surface area contributed by atoms with Crippen LogP contribution in [0.2, 0.25) is 0 Å². The van der Waals surface area contributed by atoms with Gasteiger partial charge in [-0.15, -0.1) is 0 Å². The van der Waals surface area contributed by atoms with Crippen molar-refractivity contribution in [2.24, 2.45) is 0 Å². The Hall–Kier alpha value is -1.48. The minimum absolute atomic E-state index is 0.000607. The number of piperazine rings is 1. The number of nitrogens with zero attached hydrogens (tertiary/aromatic N) is 2. The minimum Gasteiger partial charge on any atom is -0.389 e. The van der Waals surface area contributed by atoms with Crippen molar-refractivity contribution in [3.05, 3.63) is 12.2 Å². The number of nitrogens with one attached hydrogen (secondary N) is 2. The van der Waals surface area contributed by atoms with Gasteiger partial charge in [-0.1, -0.05) is 6.08 Å². The molecule has 8 nitrogen and oxygen atoms in total. The molecule has 3 rings (SSSR count). The summed E-state index contributed by atoms with van der Waals surface area (Å²) in [6.45, 7) is 5.67. The zero-order chi connectivity index (χ0) is 18.4. The number of ether oxygens (including phenoxy) is 1. The molecule has 1 saturated carbocycles. The Balaban J connectivity index is 1.46. The van der Waals surface area contributed by atoms with E-state index in [0.717, 1.165) is 58.7 Å². The van der Waals surface area contributed by atoms with Gasteiger partial charge in [0.15, 0.2) is 0 Å². The lowest BCUT2D eigenvalue weighted by Gasteiger charge is -2.42. The third kappa shape index (κ3) is 5.26. The summed E-state index contributed by atoms with van der Waals surface area (Å²) in [5.74, 6) is -0.167. The van der Waals surface area contributed by atoms with E-state index in [2.05, 4.69) is 15.5 Å². The lowest BCUT2D eigenvalue weighted by molar-refractivity contribution is -0.127. The molecular formula is C18H30N4O4. The van der Waals surface area contributed by atoms with E-state index < -0.39 is 6.10 Å². The molecule has 146 valence electrons. The fourth-order valence-corrected chi connectivity index (χ4v) is 3.98. The van der Waals surface area contributed by atoms with Crippen LogP contribution in [0.15, 0.2) is 12.2 Å². The van der Waals surface area contributed by atoms with Crippen LogP contribution >= 0.6 is 0 Å². The molecule has 2 saturated heterocycles. The fourth-order valence-electron chi connectivity index (χ4n) is 3.98. The number of aliphatic hydroxyl groups is 1. The average Bonchev–Trinajstić information content (AvgIpc) is 2.64. The van der Waals surface area contributed by atoms with Crippen LogP contribution in [0.3, 0.4) is 0 Å². The molecule has 3 fully saturated rings. The largest absolute Gasteiger partial charge is 0.389 e. The summed E-state index contributed by atoms with van der Waals surface area (Å²) >= 11 is 0. The number of carbonyl (C=O) groups excluding carboxylic acids is 2. The summed E-state index contributed by atoms with van der Waals surface area (Å²) in [4.78, 5) is 28.1. The molecule has 0 bridgehead atoms. The van der Waals surface area contributed by atoms with Crippen molar-refractivity contribution < 1.29 is 19.4 Å². The van der Waals surface area contributed by atoms with E-state index in [1.54, 1.807) is 6.08 Å². The number of amides is 2. The summed E-state index contributed by atoms with van der Waals surface area (Å²) in [5, 5.41) is 16.5. The monoisotopic (exact) mass is 366 g/mol. The Morgan fingerprint density at radius 2 is 2.12 bits per heavy atom. The van der Waals surface area contributed by atoms with Crippen molar-refractivity contribution in [3.8, 4) is 0 Å². The maximum absolute atomic E-state index is 12.2. The average molecular weight is 366 g/mol. The number of aliphatic hydroxyl groups excluding tert-OH is 1. The van der Waals surface area contributed by atoms with Gasteiger partial charge in [0.25, 0.3) is 0 Å². The predicted octanol–water partition coefficient (Wildman–Crippen LogP) is -1.30. The normalized spacial score (nSPS) is 31.7. The van der Waals surface area contributed by atoms with Gasteiger partial charge in [-0.3, -0.25) is 19.4 Å². The van der Waals surface area contributed by atoms with E-state index in [9.17, 15) is 14.7 Å². The van der Waals surface area contributed by atoms with Gasteiger partial charge in [-0.2, -0.15) is 0 Å². The molecule has 2 heterocycles. The van der Waals surface area contributed by atoms with Crippen LogP contribution in [0, 0.1) is 0 Å². The molecule has 0 aromatic rings. The van der Waals surface area contributed by atoms with Crippen LogP contribution in [0.25, 0.3) is 0 Å². The molecule has 2 amide bonds. The van der Waals surface area contributed by atoms with Gasteiger partial charge in [-0.25, -0.2) is 0 Å². The maximum atomic E-state index is 12.2. The molecule has 26 heavy (non-hydrogen) atoms. The second-order valence-corrected chi connectivity index (χ2v) is 7.24. The lowest BCUT2D eigenvalue weighted by Crippen LogP contribution is -2.60. The van der Waals surface area contributed by atoms with Crippen LogP contribution < -0.4 is 10.6 Å². The first-order valence-corrected chi connectivity index (χ1v) is 9.59. The molecule has 0 spiro atoms. The topological polar surface area (TPSA) is 94.1 Å². The smallest absolute Gasteiger partial charge is 0.244 e. The predicted molar refractivity (Wildman–Crippen MR) is 96.6 cm³/mol. The highest BCUT2D eigenvalue weighted by Crippen LogP contribution is 2.24. The van der Waals surface area contributed by atoms with Gasteiger partial charge in [0, 0.05) is 44.8 Å². The Labute approximate surface area is 154 Å². The van der Waals surface area contributed by atoms with Gasteiger partial charge in [0.1, 0.15) is 0 Å². The van der Waals surface area contributed by atoms with E-state index >= 15 is 0 Å². The zero-order valence-corrected chi connectivity index (χ0v) is 15.2. The molecule has 2 aliphatic heterocycles. The van der Waals surface area contributed by atoms with Crippen LogP contribution in [0.1, 0.15) is 19.3 Å². The molecule has 0 aromatic carbocycles. The third-order valence-corrected chi connectivity index (χ3v) is 5.42. The first kappa shape index (κ1) is 19.3. The van der Waals surface area contributed by atoms with Crippen molar-refractivity contribution in [1.29, 1.82) is 0 Å². The maximum Gasteiger partial charge on any atom is 0.244 e. The van der Waals surface area contributed by atoms with Gasteiger partial charge in [0.2, 0.25) is 11.8 Å². The lowest BCUT2D eigenvalue weighted by atomic mass is 9.86.